The SMILES string of the molecule is CCOC(=O)CCCN1CC(C(=O)OC(C)(C)C)N(C(=O)OCc2ccccc2)C1=O. The summed E-state index contributed by atoms with van der Waals surface area (Å²) < 4.78 is 15.5. The highest BCUT2D eigenvalue weighted by Gasteiger charge is 2.47. The number of nitrogens with zero attached hydrogens (tertiary/aromatic N) is 2. The number of amides is 3. The lowest BCUT2D eigenvalue weighted by Gasteiger charge is -2.24. The van der Waals surface area contributed by atoms with E-state index in [9.17, 15) is 19.2 Å². The van der Waals surface area contributed by atoms with Crippen LogP contribution < -0.4 is 0 Å². The molecule has 1 aromatic rings. The van der Waals surface area contributed by atoms with Crippen LogP contribution >= 0.6 is 0 Å². The molecule has 0 radical (unpaired) electrons. The Hall–Kier alpha value is -3.10. The summed E-state index contributed by atoms with van der Waals surface area (Å²) in [5, 5.41) is 0. The average molecular weight is 434 g/mol. The number of urea groups is 1. The van der Waals surface area contributed by atoms with Crippen LogP contribution in [0.1, 0.15) is 46.1 Å². The molecule has 2 rings (SSSR count). The van der Waals surface area contributed by atoms with Gasteiger partial charge in [0.1, 0.15) is 12.2 Å². The maximum atomic E-state index is 12.9. The first-order valence-corrected chi connectivity index (χ1v) is 10.3. The Balaban J connectivity index is 2.07. The van der Waals surface area contributed by atoms with Gasteiger partial charge in [-0.15, -0.1) is 0 Å². The van der Waals surface area contributed by atoms with Crippen molar-refractivity contribution < 1.29 is 33.4 Å². The molecule has 0 spiro atoms. The summed E-state index contributed by atoms with van der Waals surface area (Å²) in [6.45, 7) is 7.24. The molecule has 0 aromatic heterocycles. The van der Waals surface area contributed by atoms with Crippen molar-refractivity contribution in [2.24, 2.45) is 0 Å². The van der Waals surface area contributed by atoms with Crippen LogP contribution in [0.5, 0.6) is 0 Å². The quantitative estimate of drug-likeness (QED) is 0.457. The number of benzene rings is 1. The Kier molecular flexibility index (Phi) is 8.41. The van der Waals surface area contributed by atoms with Gasteiger partial charge in [0, 0.05) is 13.0 Å². The van der Waals surface area contributed by atoms with E-state index in [0.29, 0.717) is 6.42 Å². The molecule has 0 aliphatic carbocycles. The highest BCUT2D eigenvalue weighted by atomic mass is 16.6. The summed E-state index contributed by atoms with van der Waals surface area (Å²) >= 11 is 0. The molecule has 3 amide bonds. The van der Waals surface area contributed by atoms with Crippen molar-refractivity contribution in [3.8, 4) is 0 Å². The molecule has 9 nitrogen and oxygen atoms in total. The number of hydrogen-bond acceptors (Lipinski definition) is 7. The van der Waals surface area contributed by atoms with E-state index in [0.717, 1.165) is 10.5 Å². The minimum absolute atomic E-state index is 0.0307. The third kappa shape index (κ3) is 7.27. The minimum atomic E-state index is -1.13. The van der Waals surface area contributed by atoms with Gasteiger partial charge in [0.05, 0.1) is 13.2 Å². The first-order chi connectivity index (χ1) is 14.6. The van der Waals surface area contributed by atoms with Crippen LogP contribution in [-0.4, -0.2) is 65.2 Å². The van der Waals surface area contributed by atoms with E-state index in [1.807, 2.05) is 6.07 Å². The maximum absolute atomic E-state index is 12.9. The van der Waals surface area contributed by atoms with Crippen molar-refractivity contribution in [1.29, 1.82) is 0 Å². The Morgan fingerprint density at radius 2 is 1.77 bits per heavy atom. The van der Waals surface area contributed by atoms with E-state index < -0.39 is 29.7 Å². The van der Waals surface area contributed by atoms with Gasteiger partial charge in [0.25, 0.3) is 0 Å². The molecular formula is C22H30N2O7. The third-order valence-corrected chi connectivity index (χ3v) is 4.38. The summed E-state index contributed by atoms with van der Waals surface area (Å²) in [5.41, 5.74) is -0.0283. The molecule has 1 aromatic carbocycles. The van der Waals surface area contributed by atoms with E-state index in [1.54, 1.807) is 52.0 Å². The van der Waals surface area contributed by atoms with E-state index in [2.05, 4.69) is 0 Å². The second-order valence-corrected chi connectivity index (χ2v) is 8.10. The van der Waals surface area contributed by atoms with Crippen LogP contribution in [0.3, 0.4) is 0 Å². The molecule has 1 aliphatic heterocycles. The van der Waals surface area contributed by atoms with Crippen LogP contribution in [0.4, 0.5) is 9.59 Å². The van der Waals surface area contributed by atoms with Gasteiger partial charge < -0.3 is 19.1 Å². The molecule has 31 heavy (non-hydrogen) atoms. The highest BCUT2D eigenvalue weighted by molar-refractivity contribution is 5.99. The van der Waals surface area contributed by atoms with Crippen molar-refractivity contribution in [2.45, 2.75) is 58.8 Å². The van der Waals surface area contributed by atoms with Gasteiger partial charge in [-0.25, -0.2) is 19.3 Å². The number of imide groups is 1. The van der Waals surface area contributed by atoms with Gasteiger partial charge in [0.2, 0.25) is 0 Å². The number of esters is 2. The highest BCUT2D eigenvalue weighted by Crippen LogP contribution is 2.22. The maximum Gasteiger partial charge on any atom is 0.419 e. The second kappa shape index (κ2) is 10.8. The summed E-state index contributed by atoms with van der Waals surface area (Å²) in [6, 6.07) is 7.23. The van der Waals surface area contributed by atoms with Crippen molar-refractivity contribution in [3.05, 3.63) is 35.9 Å². The molecular weight excluding hydrogens is 404 g/mol. The van der Waals surface area contributed by atoms with Crippen LogP contribution in [0.25, 0.3) is 0 Å². The van der Waals surface area contributed by atoms with Crippen molar-refractivity contribution >= 4 is 24.1 Å². The van der Waals surface area contributed by atoms with Crippen LogP contribution in [0.2, 0.25) is 0 Å². The summed E-state index contributed by atoms with van der Waals surface area (Å²) in [4.78, 5) is 51.9. The molecule has 0 N–H and O–H groups in total. The zero-order chi connectivity index (χ0) is 23.0. The predicted octanol–water partition coefficient (Wildman–Crippen LogP) is 3.11. The number of rotatable bonds is 8. The molecule has 1 fully saturated rings. The second-order valence-electron chi connectivity index (χ2n) is 8.10. The number of carbonyl (C=O) groups excluding carboxylic acids is 4. The monoisotopic (exact) mass is 434 g/mol. The van der Waals surface area contributed by atoms with Crippen molar-refractivity contribution in [1.82, 2.24) is 9.80 Å². The van der Waals surface area contributed by atoms with Crippen molar-refractivity contribution in [2.75, 3.05) is 19.7 Å². The van der Waals surface area contributed by atoms with Crippen LogP contribution in [0, 0.1) is 0 Å². The summed E-state index contributed by atoms with van der Waals surface area (Å²) in [5.74, 6) is -1.05. The molecule has 170 valence electrons. The summed E-state index contributed by atoms with van der Waals surface area (Å²) in [6.07, 6.45) is -0.441. The average Bonchev–Trinajstić information content (AvgIpc) is 3.02. The van der Waals surface area contributed by atoms with Gasteiger partial charge in [-0.2, -0.15) is 0 Å². The Bertz CT molecular complexity index is 789. The molecule has 0 saturated carbocycles. The van der Waals surface area contributed by atoms with E-state index in [1.165, 1.54) is 4.90 Å². The fourth-order valence-corrected chi connectivity index (χ4v) is 3.03. The molecule has 0 bridgehead atoms. The Morgan fingerprint density at radius 3 is 2.39 bits per heavy atom. The van der Waals surface area contributed by atoms with Gasteiger partial charge in [0.15, 0.2) is 6.04 Å². The first kappa shape index (κ1) is 24.2. The normalized spacial score (nSPS) is 16.3. The number of ether oxygens (including phenoxy) is 3. The fraction of sp³-hybridized carbons (Fsp3) is 0.545. The number of hydrogen-bond donors (Lipinski definition) is 0. The smallest absolute Gasteiger partial charge is 0.419 e. The van der Waals surface area contributed by atoms with E-state index in [-0.39, 0.29) is 38.7 Å². The molecule has 9 heteroatoms. The van der Waals surface area contributed by atoms with Gasteiger partial charge in [-0.3, -0.25) is 4.79 Å². The first-order valence-electron chi connectivity index (χ1n) is 10.3. The Morgan fingerprint density at radius 1 is 1.10 bits per heavy atom. The molecule has 1 aliphatic rings. The van der Waals surface area contributed by atoms with Crippen molar-refractivity contribution in [3.63, 3.8) is 0 Å². The predicted molar refractivity (Wildman–Crippen MR) is 111 cm³/mol. The van der Waals surface area contributed by atoms with Gasteiger partial charge in [-0.1, -0.05) is 30.3 Å². The molecule has 1 unspecified atom stereocenters. The lowest BCUT2D eigenvalue weighted by atomic mass is 10.2. The lowest BCUT2D eigenvalue weighted by Crippen LogP contribution is -2.46. The standard InChI is InChI=1S/C22H30N2O7/c1-5-29-18(25)12-9-13-23-14-17(19(26)31-22(2,3)4)24(20(23)27)21(28)30-15-16-10-7-6-8-11-16/h6-8,10-11,17H,5,9,12-15H2,1-4H3. The zero-order valence-corrected chi connectivity index (χ0v) is 18.5. The third-order valence-electron chi connectivity index (χ3n) is 4.38. The van der Waals surface area contributed by atoms with Crippen LogP contribution in [-0.2, 0) is 30.4 Å². The topological polar surface area (TPSA) is 102 Å². The van der Waals surface area contributed by atoms with E-state index in [4.69, 9.17) is 14.2 Å². The summed E-state index contributed by atoms with van der Waals surface area (Å²) in [7, 11) is 0. The van der Waals surface area contributed by atoms with Gasteiger partial charge >= 0.3 is 24.1 Å². The lowest BCUT2D eigenvalue weighted by molar-refractivity contribution is -0.159. The Labute approximate surface area is 182 Å². The van der Waals surface area contributed by atoms with E-state index >= 15 is 0 Å². The number of carbonyl (C=O) groups is 4. The minimum Gasteiger partial charge on any atom is -0.466 e. The molecule has 1 atom stereocenters. The zero-order valence-electron chi connectivity index (χ0n) is 18.5. The van der Waals surface area contributed by atoms with Crippen LogP contribution in [0.15, 0.2) is 30.3 Å². The van der Waals surface area contributed by atoms with Gasteiger partial charge in [-0.05, 0) is 39.7 Å². The largest absolute Gasteiger partial charge is 0.466 e. The molecule has 1 saturated heterocycles. The molecule has 1 heterocycles. The fourth-order valence-electron chi connectivity index (χ4n) is 3.03.